The number of benzene rings is 3. The zero-order valence-electron chi connectivity index (χ0n) is 12.7. The van der Waals surface area contributed by atoms with Crippen LogP contribution in [0, 0.1) is 0 Å². The fraction of sp³-hybridized carbons (Fsp3) is 0.105. The van der Waals surface area contributed by atoms with Crippen molar-refractivity contribution in [1.29, 1.82) is 0 Å². The van der Waals surface area contributed by atoms with E-state index in [-0.39, 0.29) is 0 Å². The molecule has 0 unspecified atom stereocenters. The third-order valence-electron chi connectivity index (χ3n) is 3.28. The monoisotopic (exact) mass is 308 g/mol. The number of rotatable bonds is 4. The van der Waals surface area contributed by atoms with Gasteiger partial charge >= 0.3 is 6.16 Å². The van der Waals surface area contributed by atoms with Gasteiger partial charge in [0.15, 0.2) is 0 Å². The Hall–Kier alpha value is -3.01. The first kappa shape index (κ1) is 14.9. The van der Waals surface area contributed by atoms with E-state index in [4.69, 9.17) is 14.2 Å². The third-order valence-corrected chi connectivity index (χ3v) is 3.28. The first-order valence-corrected chi connectivity index (χ1v) is 7.37. The Labute approximate surface area is 134 Å². The molecule has 3 aromatic rings. The molecule has 0 saturated heterocycles. The van der Waals surface area contributed by atoms with Crippen LogP contribution in [-0.4, -0.2) is 12.8 Å². The van der Waals surface area contributed by atoms with Crippen molar-refractivity contribution in [3.05, 3.63) is 66.7 Å². The molecule has 0 aliphatic heterocycles. The molecule has 0 radical (unpaired) electrons. The number of hydrogen-bond acceptors (Lipinski definition) is 4. The molecule has 0 aliphatic rings. The second kappa shape index (κ2) is 6.83. The third kappa shape index (κ3) is 3.43. The average molecular weight is 308 g/mol. The average Bonchev–Trinajstić information content (AvgIpc) is 2.58. The molecule has 0 aliphatic carbocycles. The minimum atomic E-state index is -0.773. The minimum absolute atomic E-state index is 0.435. The van der Waals surface area contributed by atoms with Crippen molar-refractivity contribution in [3.63, 3.8) is 0 Å². The van der Waals surface area contributed by atoms with Gasteiger partial charge in [-0.2, -0.15) is 0 Å². The Bertz CT molecular complexity index is 812. The molecule has 0 heterocycles. The van der Waals surface area contributed by atoms with Crippen molar-refractivity contribution in [2.45, 2.75) is 6.92 Å². The van der Waals surface area contributed by atoms with E-state index in [9.17, 15) is 4.79 Å². The molecule has 0 amide bonds. The van der Waals surface area contributed by atoms with Crippen molar-refractivity contribution < 1.29 is 19.0 Å². The molecule has 0 atom stereocenters. The standard InChI is InChI=1S/C19H16O4/c1-2-21-17-12-13-18(16-11-7-6-10-15(16)17)23-19(20)22-14-8-4-3-5-9-14/h3-13H,2H2,1H3. The first-order valence-electron chi connectivity index (χ1n) is 7.37. The van der Waals surface area contributed by atoms with Crippen LogP contribution in [0.2, 0.25) is 0 Å². The van der Waals surface area contributed by atoms with Crippen molar-refractivity contribution in [2.24, 2.45) is 0 Å². The SMILES string of the molecule is CCOc1ccc(OC(=O)Oc2ccccc2)c2ccccc12. The van der Waals surface area contributed by atoms with Crippen LogP contribution in [0.5, 0.6) is 17.2 Å². The highest BCUT2D eigenvalue weighted by molar-refractivity contribution is 5.94. The van der Waals surface area contributed by atoms with E-state index >= 15 is 0 Å². The van der Waals surface area contributed by atoms with E-state index < -0.39 is 6.16 Å². The van der Waals surface area contributed by atoms with Crippen LogP contribution < -0.4 is 14.2 Å². The summed E-state index contributed by atoms with van der Waals surface area (Å²) in [7, 11) is 0. The minimum Gasteiger partial charge on any atom is -0.493 e. The van der Waals surface area contributed by atoms with Crippen molar-refractivity contribution >= 4 is 16.9 Å². The van der Waals surface area contributed by atoms with E-state index in [2.05, 4.69) is 0 Å². The molecule has 0 spiro atoms. The fourth-order valence-electron chi connectivity index (χ4n) is 2.31. The number of fused-ring (bicyclic) bond motifs is 1. The summed E-state index contributed by atoms with van der Waals surface area (Å²) in [5.74, 6) is 1.63. The van der Waals surface area contributed by atoms with E-state index in [1.165, 1.54) is 0 Å². The van der Waals surface area contributed by atoms with Crippen LogP contribution in [0.25, 0.3) is 10.8 Å². The van der Waals surface area contributed by atoms with Gasteiger partial charge in [0.25, 0.3) is 0 Å². The zero-order chi connectivity index (χ0) is 16.1. The maximum absolute atomic E-state index is 12.0. The Morgan fingerprint density at radius 2 is 1.39 bits per heavy atom. The second-order valence-corrected chi connectivity index (χ2v) is 4.81. The van der Waals surface area contributed by atoms with Gasteiger partial charge in [-0.25, -0.2) is 4.79 Å². The first-order chi connectivity index (χ1) is 11.3. The van der Waals surface area contributed by atoms with Gasteiger partial charge in [-0.1, -0.05) is 42.5 Å². The van der Waals surface area contributed by atoms with Gasteiger partial charge < -0.3 is 14.2 Å². The molecule has 0 aromatic heterocycles. The molecule has 0 fully saturated rings. The summed E-state index contributed by atoms with van der Waals surface area (Å²) in [4.78, 5) is 12.0. The number of carbonyl (C=O) groups excluding carboxylic acids is 1. The molecule has 3 rings (SSSR count). The second-order valence-electron chi connectivity index (χ2n) is 4.81. The maximum atomic E-state index is 12.0. The lowest BCUT2D eigenvalue weighted by molar-refractivity contribution is 0.152. The lowest BCUT2D eigenvalue weighted by Gasteiger charge is -2.11. The number of hydrogen-bond donors (Lipinski definition) is 0. The quantitative estimate of drug-likeness (QED) is 0.512. The van der Waals surface area contributed by atoms with Gasteiger partial charge in [0, 0.05) is 10.8 Å². The van der Waals surface area contributed by atoms with Crippen molar-refractivity contribution in [1.82, 2.24) is 0 Å². The van der Waals surface area contributed by atoms with Crippen LogP contribution in [0.1, 0.15) is 6.92 Å². The molecule has 4 heteroatoms. The molecular formula is C19H16O4. The summed E-state index contributed by atoms with van der Waals surface area (Å²) in [6.07, 6.45) is -0.773. The van der Waals surface area contributed by atoms with Crippen LogP contribution in [-0.2, 0) is 0 Å². The topological polar surface area (TPSA) is 44.8 Å². The van der Waals surface area contributed by atoms with Gasteiger partial charge in [-0.3, -0.25) is 0 Å². The van der Waals surface area contributed by atoms with E-state index in [1.807, 2.05) is 37.3 Å². The van der Waals surface area contributed by atoms with Gasteiger partial charge in [0.2, 0.25) is 0 Å². The summed E-state index contributed by atoms with van der Waals surface area (Å²) in [6, 6.07) is 19.9. The van der Waals surface area contributed by atoms with Crippen LogP contribution in [0.4, 0.5) is 4.79 Å². The highest BCUT2D eigenvalue weighted by Crippen LogP contribution is 2.33. The molecule has 0 saturated carbocycles. The van der Waals surface area contributed by atoms with Crippen molar-refractivity contribution in [3.8, 4) is 17.2 Å². The summed E-state index contributed by atoms with van der Waals surface area (Å²) in [6.45, 7) is 2.50. The Morgan fingerprint density at radius 1 is 0.783 bits per heavy atom. The van der Waals surface area contributed by atoms with Crippen LogP contribution in [0.15, 0.2) is 66.7 Å². The highest BCUT2D eigenvalue weighted by Gasteiger charge is 2.12. The molecular weight excluding hydrogens is 292 g/mol. The summed E-state index contributed by atoms with van der Waals surface area (Å²) in [5.41, 5.74) is 0. The summed E-state index contributed by atoms with van der Waals surface area (Å²) >= 11 is 0. The number of ether oxygens (including phenoxy) is 3. The van der Waals surface area contributed by atoms with E-state index in [0.29, 0.717) is 18.1 Å². The van der Waals surface area contributed by atoms with Crippen LogP contribution in [0.3, 0.4) is 0 Å². The predicted octanol–water partition coefficient (Wildman–Crippen LogP) is 4.82. The molecule has 0 N–H and O–H groups in total. The van der Waals surface area contributed by atoms with Gasteiger partial charge in [0.05, 0.1) is 6.61 Å². The van der Waals surface area contributed by atoms with Gasteiger partial charge in [-0.05, 0) is 31.2 Å². The molecule has 0 bridgehead atoms. The molecule has 116 valence electrons. The normalized spacial score (nSPS) is 10.3. The molecule has 3 aromatic carbocycles. The largest absolute Gasteiger partial charge is 0.519 e. The number of carbonyl (C=O) groups is 1. The Kier molecular flexibility index (Phi) is 4.43. The van der Waals surface area contributed by atoms with Gasteiger partial charge in [-0.15, -0.1) is 0 Å². The van der Waals surface area contributed by atoms with Gasteiger partial charge in [0.1, 0.15) is 17.2 Å². The van der Waals surface area contributed by atoms with Crippen LogP contribution >= 0.6 is 0 Å². The van der Waals surface area contributed by atoms with E-state index in [0.717, 1.165) is 16.5 Å². The summed E-state index contributed by atoms with van der Waals surface area (Å²) < 4.78 is 16.1. The highest BCUT2D eigenvalue weighted by atomic mass is 16.7. The number of para-hydroxylation sites is 1. The fourth-order valence-corrected chi connectivity index (χ4v) is 2.31. The van der Waals surface area contributed by atoms with Crippen molar-refractivity contribution in [2.75, 3.05) is 6.61 Å². The maximum Gasteiger partial charge on any atom is 0.519 e. The molecule has 4 nitrogen and oxygen atoms in total. The van der Waals surface area contributed by atoms with E-state index in [1.54, 1.807) is 36.4 Å². The Morgan fingerprint density at radius 3 is 2.09 bits per heavy atom. The Balaban J connectivity index is 1.85. The zero-order valence-corrected chi connectivity index (χ0v) is 12.7. The molecule has 23 heavy (non-hydrogen) atoms. The summed E-state index contributed by atoms with van der Waals surface area (Å²) in [5, 5.41) is 1.68. The lowest BCUT2D eigenvalue weighted by atomic mass is 10.1. The lowest BCUT2D eigenvalue weighted by Crippen LogP contribution is -2.13. The smallest absolute Gasteiger partial charge is 0.493 e. The predicted molar refractivity (Wildman–Crippen MR) is 88.2 cm³/mol.